The van der Waals surface area contributed by atoms with Gasteiger partial charge in [-0.25, -0.2) is 13.4 Å². The second-order valence-electron chi connectivity index (χ2n) is 6.32. The van der Waals surface area contributed by atoms with Gasteiger partial charge in [0.25, 0.3) is 10.0 Å². The van der Waals surface area contributed by atoms with Crippen molar-refractivity contribution in [1.82, 2.24) is 14.2 Å². The number of piperidine rings is 1. The van der Waals surface area contributed by atoms with E-state index in [1.165, 1.54) is 11.0 Å². The topological polar surface area (TPSA) is 82.6 Å². The lowest BCUT2D eigenvalue weighted by molar-refractivity contribution is -0.126. The van der Waals surface area contributed by atoms with Gasteiger partial charge in [0.15, 0.2) is 5.03 Å². The van der Waals surface area contributed by atoms with E-state index in [1.807, 2.05) is 0 Å². The van der Waals surface area contributed by atoms with E-state index >= 15 is 0 Å². The zero-order valence-electron chi connectivity index (χ0n) is 13.4. The zero-order chi connectivity index (χ0) is 16.6. The quantitative estimate of drug-likeness (QED) is 0.857. The molecule has 1 amide bonds. The molecule has 1 saturated heterocycles. The summed E-state index contributed by atoms with van der Waals surface area (Å²) in [4.78, 5) is 17.3. The average Bonchev–Trinajstić information content (AvgIpc) is 3.32. The molecule has 0 radical (unpaired) electrons. The minimum atomic E-state index is -3.56. The molecule has 0 aromatic carbocycles. The molecule has 0 bridgehead atoms. The highest BCUT2D eigenvalue weighted by molar-refractivity contribution is 7.89. The van der Waals surface area contributed by atoms with Gasteiger partial charge in [-0.3, -0.25) is 4.79 Å². The summed E-state index contributed by atoms with van der Waals surface area (Å²) in [5, 5.41) is 2.93. The molecule has 1 N–H and O–H groups in total. The largest absolute Gasteiger partial charge is 0.361 e. The third-order valence-electron chi connectivity index (χ3n) is 4.42. The Hall–Kier alpha value is -1.67. The Kier molecular flexibility index (Phi) is 4.29. The molecule has 1 saturated carbocycles. The number of nitrogens with one attached hydrogen (secondary N) is 1. The molecular formula is C15H22N4O3S. The highest BCUT2D eigenvalue weighted by Gasteiger charge is 2.49. The van der Waals surface area contributed by atoms with Crippen LogP contribution < -0.4 is 5.32 Å². The van der Waals surface area contributed by atoms with Gasteiger partial charge >= 0.3 is 0 Å². The Bertz CT molecular complexity index is 704. The summed E-state index contributed by atoms with van der Waals surface area (Å²) >= 11 is 0. The minimum Gasteiger partial charge on any atom is -0.361 e. The molecule has 126 valence electrons. The fourth-order valence-electron chi connectivity index (χ4n) is 2.97. The Labute approximate surface area is 136 Å². The molecule has 2 fully saturated rings. The number of sulfonamides is 1. The lowest BCUT2D eigenvalue weighted by Gasteiger charge is -2.25. The number of carbonyl (C=O) groups excluding carboxylic acids is 1. The summed E-state index contributed by atoms with van der Waals surface area (Å²) in [6.45, 7) is 0.653. The number of nitrogens with zero attached hydrogens (tertiary/aromatic N) is 3. The molecule has 1 aliphatic heterocycles. The van der Waals surface area contributed by atoms with Gasteiger partial charge in [-0.2, -0.15) is 4.31 Å². The molecule has 3 rings (SSSR count). The standard InChI is InChI=1S/C15H22N4O3S/c1-18(2)15(20)10-16-13-6-3-7-14(17-13)23(21,22)19-8-4-5-11-9-12(11)19/h3,6-7,11-12H,4-5,8-10H2,1-2H3,(H,16,17). The lowest BCUT2D eigenvalue weighted by atomic mass is 10.2. The van der Waals surface area contributed by atoms with Crippen LogP contribution in [0.4, 0.5) is 5.82 Å². The molecular weight excluding hydrogens is 316 g/mol. The Morgan fingerprint density at radius 1 is 1.43 bits per heavy atom. The molecule has 1 aromatic heterocycles. The van der Waals surface area contributed by atoms with Crippen molar-refractivity contribution < 1.29 is 13.2 Å². The number of likely N-dealkylation sites (N-methyl/N-ethyl adjacent to an activating group) is 1. The zero-order valence-corrected chi connectivity index (χ0v) is 14.2. The van der Waals surface area contributed by atoms with Crippen LogP contribution in [0.15, 0.2) is 23.2 Å². The first-order valence-corrected chi connectivity index (χ1v) is 9.26. The monoisotopic (exact) mass is 338 g/mol. The molecule has 1 aliphatic carbocycles. The number of rotatable bonds is 5. The van der Waals surface area contributed by atoms with E-state index in [0.29, 0.717) is 18.3 Å². The first kappa shape index (κ1) is 16.2. The first-order valence-electron chi connectivity index (χ1n) is 7.82. The number of anilines is 1. The van der Waals surface area contributed by atoms with E-state index in [4.69, 9.17) is 0 Å². The van der Waals surface area contributed by atoms with Crippen LogP contribution >= 0.6 is 0 Å². The van der Waals surface area contributed by atoms with Crippen molar-refractivity contribution in [3.63, 3.8) is 0 Å². The minimum absolute atomic E-state index is 0.0485. The van der Waals surface area contributed by atoms with E-state index in [1.54, 1.807) is 30.5 Å². The van der Waals surface area contributed by atoms with E-state index in [0.717, 1.165) is 19.3 Å². The van der Waals surface area contributed by atoms with E-state index in [2.05, 4.69) is 10.3 Å². The van der Waals surface area contributed by atoms with Crippen molar-refractivity contribution in [2.75, 3.05) is 32.5 Å². The van der Waals surface area contributed by atoms with Crippen molar-refractivity contribution in [1.29, 1.82) is 0 Å². The van der Waals surface area contributed by atoms with Crippen LogP contribution in [0.1, 0.15) is 19.3 Å². The first-order chi connectivity index (χ1) is 10.9. The van der Waals surface area contributed by atoms with Crippen LogP contribution in [0, 0.1) is 5.92 Å². The van der Waals surface area contributed by atoms with Gasteiger partial charge in [-0.1, -0.05) is 6.07 Å². The lowest BCUT2D eigenvalue weighted by Crippen LogP contribution is -2.37. The van der Waals surface area contributed by atoms with Crippen LogP contribution in [0.5, 0.6) is 0 Å². The third kappa shape index (κ3) is 3.32. The normalized spacial score (nSPS) is 23.9. The SMILES string of the molecule is CN(C)C(=O)CNc1cccc(S(=O)(=O)N2CCCC3CC32)n1. The maximum Gasteiger partial charge on any atom is 0.260 e. The summed E-state index contributed by atoms with van der Waals surface area (Å²) in [5.41, 5.74) is 0. The van der Waals surface area contributed by atoms with Crippen molar-refractivity contribution in [3.05, 3.63) is 18.2 Å². The smallest absolute Gasteiger partial charge is 0.260 e. The predicted molar refractivity (Wildman–Crippen MR) is 86.4 cm³/mol. The summed E-state index contributed by atoms with van der Waals surface area (Å²) < 4.78 is 27.2. The van der Waals surface area contributed by atoms with Gasteiger partial charge in [0.05, 0.1) is 6.54 Å². The molecule has 2 aliphatic rings. The number of carbonyl (C=O) groups is 1. The van der Waals surface area contributed by atoms with E-state index in [-0.39, 0.29) is 23.5 Å². The van der Waals surface area contributed by atoms with Crippen molar-refractivity contribution >= 4 is 21.7 Å². The van der Waals surface area contributed by atoms with Crippen LogP contribution in [-0.2, 0) is 14.8 Å². The van der Waals surface area contributed by atoms with Crippen LogP contribution in [0.2, 0.25) is 0 Å². The fraction of sp³-hybridized carbons (Fsp3) is 0.600. The van der Waals surface area contributed by atoms with Gasteiger partial charge < -0.3 is 10.2 Å². The maximum absolute atomic E-state index is 12.8. The summed E-state index contributed by atoms with van der Waals surface area (Å²) in [6, 6.07) is 4.98. The number of hydrogen-bond acceptors (Lipinski definition) is 5. The molecule has 2 unspecified atom stereocenters. The van der Waals surface area contributed by atoms with Crippen molar-refractivity contribution in [2.24, 2.45) is 5.92 Å². The van der Waals surface area contributed by atoms with Gasteiger partial charge in [0, 0.05) is 26.7 Å². The van der Waals surface area contributed by atoms with Crippen molar-refractivity contribution in [2.45, 2.75) is 30.3 Å². The van der Waals surface area contributed by atoms with Gasteiger partial charge in [0.2, 0.25) is 5.91 Å². The van der Waals surface area contributed by atoms with Crippen LogP contribution in [0.25, 0.3) is 0 Å². The molecule has 2 heterocycles. The molecule has 1 aromatic rings. The second-order valence-corrected chi connectivity index (χ2v) is 8.16. The van der Waals surface area contributed by atoms with Crippen LogP contribution in [-0.4, -0.2) is 61.7 Å². The number of hydrogen-bond donors (Lipinski definition) is 1. The van der Waals surface area contributed by atoms with Gasteiger partial charge in [-0.15, -0.1) is 0 Å². The van der Waals surface area contributed by atoms with E-state index < -0.39 is 10.0 Å². The van der Waals surface area contributed by atoms with Gasteiger partial charge in [-0.05, 0) is 37.3 Å². The highest BCUT2D eigenvalue weighted by Crippen LogP contribution is 2.45. The Morgan fingerprint density at radius 3 is 2.96 bits per heavy atom. The molecule has 7 nitrogen and oxygen atoms in total. The van der Waals surface area contributed by atoms with Crippen LogP contribution in [0.3, 0.4) is 0 Å². The van der Waals surface area contributed by atoms with Gasteiger partial charge in [0.1, 0.15) is 5.82 Å². The molecule has 2 atom stereocenters. The highest BCUT2D eigenvalue weighted by atomic mass is 32.2. The molecule has 8 heteroatoms. The number of amides is 1. The summed E-state index contributed by atoms with van der Waals surface area (Å²) in [5.74, 6) is 0.820. The molecule has 23 heavy (non-hydrogen) atoms. The Balaban J connectivity index is 1.75. The number of pyridine rings is 1. The summed E-state index contributed by atoms with van der Waals surface area (Å²) in [7, 11) is -0.225. The average molecular weight is 338 g/mol. The summed E-state index contributed by atoms with van der Waals surface area (Å²) in [6.07, 6.45) is 3.00. The Morgan fingerprint density at radius 2 is 2.22 bits per heavy atom. The number of aromatic nitrogens is 1. The third-order valence-corrected chi connectivity index (χ3v) is 6.25. The number of fused-ring (bicyclic) bond motifs is 1. The van der Waals surface area contributed by atoms with Crippen molar-refractivity contribution in [3.8, 4) is 0 Å². The predicted octanol–water partition coefficient (Wildman–Crippen LogP) is 0.755. The fourth-order valence-corrected chi connectivity index (χ4v) is 4.66. The second kappa shape index (κ2) is 6.09. The maximum atomic E-state index is 12.8. The van der Waals surface area contributed by atoms with E-state index in [9.17, 15) is 13.2 Å². The molecule has 0 spiro atoms.